The second kappa shape index (κ2) is 13.4. The van der Waals surface area contributed by atoms with Crippen molar-refractivity contribution in [3.63, 3.8) is 0 Å². The lowest BCUT2D eigenvalue weighted by molar-refractivity contribution is -0.650. The molecule has 10 fully saturated rings. The van der Waals surface area contributed by atoms with Crippen LogP contribution in [0.2, 0.25) is 10.0 Å². The molecule has 8 saturated carbocycles. The Morgan fingerprint density at radius 2 is 0.965 bits per heavy atom. The molecule has 14 nitrogen and oxygen atoms in total. The first-order valence-corrected chi connectivity index (χ1v) is 23.9. The molecule has 312 valence electrons. The molecule has 2 aliphatic heterocycles. The first kappa shape index (κ1) is 40.3. The number of phosphoric acid groups is 2. The summed E-state index contributed by atoms with van der Waals surface area (Å²) in [5.74, 6) is -2.67. The van der Waals surface area contributed by atoms with Crippen molar-refractivity contribution < 1.29 is 66.8 Å². The Kier molecular flexibility index (Phi) is 9.47. The lowest BCUT2D eigenvalue weighted by Crippen LogP contribution is -2.78. The molecule has 2 heterocycles. The maximum absolute atomic E-state index is 11.9. The molecule has 0 aromatic heterocycles. The first-order valence-electron chi connectivity index (χ1n) is 19.3. The van der Waals surface area contributed by atoms with Crippen molar-refractivity contribution in [3.8, 4) is 11.5 Å². The van der Waals surface area contributed by atoms with E-state index >= 15 is 0 Å². The summed E-state index contributed by atoms with van der Waals surface area (Å²) in [6.45, 7) is 0.155. The van der Waals surface area contributed by atoms with Crippen LogP contribution in [-0.2, 0) is 49.7 Å². The molecule has 2 saturated heterocycles. The smallest absolute Gasteiger partial charge is 0.403 e. The van der Waals surface area contributed by atoms with Crippen molar-refractivity contribution in [2.75, 3.05) is 13.2 Å². The zero-order chi connectivity index (χ0) is 40.0. The maximum Gasteiger partial charge on any atom is 0.524 e. The van der Waals surface area contributed by atoms with Crippen LogP contribution in [0.1, 0.15) is 81.8 Å². The zero-order valence-corrected chi connectivity index (χ0v) is 35.2. The highest BCUT2D eigenvalue weighted by Crippen LogP contribution is 2.73. The minimum absolute atomic E-state index is 0.00641. The molecular formula is C37H42Cl4O14P2. The lowest BCUT2D eigenvalue weighted by Gasteiger charge is -2.70. The highest BCUT2D eigenvalue weighted by molar-refractivity contribution is 7.47. The maximum atomic E-state index is 11.9. The largest absolute Gasteiger partial charge is 0.524 e. The molecule has 6 atom stereocenters. The van der Waals surface area contributed by atoms with Crippen LogP contribution in [-0.4, -0.2) is 53.7 Å². The normalized spacial score (nSPS) is 43.7. The molecule has 0 amide bonds. The van der Waals surface area contributed by atoms with E-state index in [4.69, 9.17) is 84.5 Å². The molecule has 4 N–H and O–H groups in total. The summed E-state index contributed by atoms with van der Waals surface area (Å²) >= 11 is 27.0. The van der Waals surface area contributed by atoms with Gasteiger partial charge in [0, 0.05) is 20.9 Å². The number of ether oxygens (including phenoxy) is 2. The van der Waals surface area contributed by atoms with E-state index in [1.54, 1.807) is 12.1 Å². The van der Waals surface area contributed by atoms with Gasteiger partial charge in [-0.15, -0.1) is 23.2 Å². The van der Waals surface area contributed by atoms with Crippen LogP contribution < -0.4 is 9.05 Å². The van der Waals surface area contributed by atoms with E-state index in [1.807, 2.05) is 0 Å². The number of alkyl halides is 2. The number of hydrogen-bond donors (Lipinski definition) is 4. The van der Waals surface area contributed by atoms with Gasteiger partial charge in [-0.05, 0) is 130 Å². The molecule has 6 unspecified atom stereocenters. The molecule has 57 heavy (non-hydrogen) atoms. The van der Waals surface area contributed by atoms with Crippen molar-refractivity contribution in [3.05, 3.63) is 57.6 Å². The van der Waals surface area contributed by atoms with Gasteiger partial charge in [-0.2, -0.15) is 9.78 Å². The highest BCUT2D eigenvalue weighted by Gasteiger charge is 2.80. The highest BCUT2D eigenvalue weighted by atomic mass is 35.5. The lowest BCUT2D eigenvalue weighted by atomic mass is 9.46. The fraction of sp³-hybridized carbons (Fsp3) is 0.676. The number of hydrogen-bond acceptors (Lipinski definition) is 10. The van der Waals surface area contributed by atoms with Gasteiger partial charge >= 0.3 is 15.6 Å². The number of phosphoric ester groups is 2. The van der Waals surface area contributed by atoms with Crippen LogP contribution in [0.15, 0.2) is 36.4 Å². The first-order chi connectivity index (χ1) is 26.8. The van der Waals surface area contributed by atoms with Gasteiger partial charge in [0.15, 0.2) is 22.7 Å². The van der Waals surface area contributed by atoms with E-state index in [1.165, 1.54) is 24.3 Å². The van der Waals surface area contributed by atoms with Gasteiger partial charge in [0.05, 0.1) is 23.3 Å². The Morgan fingerprint density at radius 3 is 1.26 bits per heavy atom. The molecule has 10 aliphatic rings. The Balaban J connectivity index is 0.954. The summed E-state index contributed by atoms with van der Waals surface area (Å²) in [4.78, 5) is 62.5. The summed E-state index contributed by atoms with van der Waals surface area (Å²) in [5, 5.41) is -0.0128. The van der Waals surface area contributed by atoms with Crippen LogP contribution in [0.4, 0.5) is 0 Å². The third-order valence-corrected chi connectivity index (χ3v) is 16.7. The predicted molar refractivity (Wildman–Crippen MR) is 202 cm³/mol. The van der Waals surface area contributed by atoms with Crippen LogP contribution >= 0.6 is 62.0 Å². The molecule has 2 aromatic rings. The van der Waals surface area contributed by atoms with Crippen LogP contribution in [0.5, 0.6) is 11.5 Å². The second-order valence-corrected chi connectivity index (χ2v) is 22.4. The van der Waals surface area contributed by atoms with Gasteiger partial charge < -0.3 is 18.5 Å². The third-order valence-electron chi connectivity index (χ3n) is 14.2. The van der Waals surface area contributed by atoms with Gasteiger partial charge in [-0.3, -0.25) is 19.6 Å². The second-order valence-electron chi connectivity index (χ2n) is 17.6. The SMILES string of the molecule is O=P(O)(O)Oc1cc(C2(OCCCOC3(c4ccc(Cl)c(OP(=O)(O)O)c4)OOC34C3CC5CC4CC(Cl)(C5)C3)OOC23C2CC4CC3CC(Cl)(C4)C2)ccc1Cl. The number of benzene rings is 2. The van der Waals surface area contributed by atoms with Gasteiger partial charge in [-0.25, -0.2) is 18.9 Å². The molecule has 2 aromatic carbocycles. The van der Waals surface area contributed by atoms with Gasteiger partial charge in [0.25, 0.3) is 11.6 Å². The fourth-order valence-electron chi connectivity index (χ4n) is 12.8. The van der Waals surface area contributed by atoms with Crippen molar-refractivity contribution in [1.82, 2.24) is 0 Å². The molecule has 8 bridgehead atoms. The van der Waals surface area contributed by atoms with E-state index < -0.39 is 38.4 Å². The number of halogens is 4. The Bertz CT molecular complexity index is 1910. The summed E-state index contributed by atoms with van der Waals surface area (Å²) in [5.41, 5.74) is -1.04. The minimum atomic E-state index is -4.98. The van der Waals surface area contributed by atoms with E-state index in [0.29, 0.717) is 55.1 Å². The van der Waals surface area contributed by atoms with Crippen LogP contribution in [0.25, 0.3) is 0 Å². The molecular weight excluding hydrogens is 872 g/mol. The van der Waals surface area contributed by atoms with E-state index in [-0.39, 0.29) is 68.2 Å². The van der Waals surface area contributed by atoms with Gasteiger partial charge in [-0.1, -0.05) is 35.3 Å². The summed E-state index contributed by atoms with van der Waals surface area (Å²) in [6.07, 6.45) is 8.43. The van der Waals surface area contributed by atoms with Crippen molar-refractivity contribution in [2.45, 2.75) is 103 Å². The Morgan fingerprint density at radius 1 is 0.596 bits per heavy atom. The molecule has 2 spiro atoms. The predicted octanol–water partition coefficient (Wildman–Crippen LogP) is 8.40. The van der Waals surface area contributed by atoms with Crippen molar-refractivity contribution in [1.29, 1.82) is 0 Å². The average molecular weight is 914 g/mol. The minimum Gasteiger partial charge on any atom is -0.403 e. The van der Waals surface area contributed by atoms with Crippen LogP contribution in [0, 0.1) is 35.5 Å². The standard InChI is InChI=1S/C37H42Cl4O14P2/c38-28-4-2-22(12-30(28)50-56(42,43)44)36(34(52-54-36)24-8-20-9-25(34)17-32(40,14-20)16-24)48-6-1-7-49-37(23-3-5-29(39)31(13-23)51-57(45,46)47)35(53-55-37)26-10-21-11-27(35)19-33(41,15-21)18-26/h2-5,12-13,20-21,24-27H,1,6-11,14-19H2,(H2,42,43,44)(H2,45,46,47). The van der Waals surface area contributed by atoms with E-state index in [9.17, 15) is 28.7 Å². The summed E-state index contributed by atoms with van der Waals surface area (Å²) < 4.78 is 47.4. The molecule has 0 radical (unpaired) electrons. The molecule has 8 aliphatic carbocycles. The zero-order valence-electron chi connectivity index (χ0n) is 30.4. The van der Waals surface area contributed by atoms with E-state index in [0.717, 1.165) is 38.5 Å². The molecule has 12 rings (SSSR count). The van der Waals surface area contributed by atoms with Gasteiger partial charge in [0.1, 0.15) is 0 Å². The van der Waals surface area contributed by atoms with Gasteiger partial charge in [0.2, 0.25) is 0 Å². The molecule has 20 heteroatoms. The Hall–Kier alpha value is -0.740. The summed E-state index contributed by atoms with van der Waals surface area (Å²) in [7, 11) is -9.95. The fourth-order valence-corrected chi connectivity index (χ4v) is 15.2. The topological polar surface area (TPSA) is 189 Å². The summed E-state index contributed by atoms with van der Waals surface area (Å²) in [6, 6.07) is 9.18. The van der Waals surface area contributed by atoms with Crippen molar-refractivity contribution in [2.24, 2.45) is 35.5 Å². The quantitative estimate of drug-likeness (QED) is 0.0688. The monoisotopic (exact) mass is 912 g/mol. The average Bonchev–Trinajstić information content (AvgIpc) is 3.06. The van der Waals surface area contributed by atoms with Crippen LogP contribution in [0.3, 0.4) is 0 Å². The number of rotatable bonds is 12. The van der Waals surface area contributed by atoms with E-state index in [2.05, 4.69) is 0 Å². The Labute approximate surface area is 348 Å². The third kappa shape index (κ3) is 6.18. The van der Waals surface area contributed by atoms with Crippen molar-refractivity contribution >= 4 is 62.0 Å².